The maximum Gasteiger partial charge on any atom is 0.234 e. The van der Waals surface area contributed by atoms with E-state index in [1.165, 1.54) is 19.2 Å². The molecule has 0 spiro atoms. The van der Waals surface area contributed by atoms with Crippen LogP contribution in [-0.4, -0.2) is 47.6 Å². The number of ketones is 1. The summed E-state index contributed by atoms with van der Waals surface area (Å²) in [4.78, 5) is 31.5. The van der Waals surface area contributed by atoms with E-state index >= 15 is 0 Å². The van der Waals surface area contributed by atoms with Crippen LogP contribution in [-0.2, 0) is 15.8 Å². The van der Waals surface area contributed by atoms with Crippen LogP contribution in [0.2, 0.25) is 0 Å². The fourth-order valence-corrected chi connectivity index (χ4v) is 5.48. The molecule has 2 atom stereocenters. The number of ether oxygens (including phenoxy) is 3. The lowest BCUT2D eigenvalue weighted by atomic mass is 9.80. The number of aromatic nitrogens is 1. The van der Waals surface area contributed by atoms with Gasteiger partial charge in [-0.3, -0.25) is 9.59 Å². The summed E-state index contributed by atoms with van der Waals surface area (Å²) in [5, 5.41) is 14.9. The van der Waals surface area contributed by atoms with E-state index in [-0.39, 0.29) is 43.3 Å². The molecule has 3 aliphatic rings. The summed E-state index contributed by atoms with van der Waals surface area (Å²) in [6.45, 7) is 3.55. The Balaban J connectivity index is 1.29. The molecule has 226 valence electrons. The van der Waals surface area contributed by atoms with Crippen LogP contribution in [0.3, 0.4) is 0 Å². The number of nitrogens with zero attached hydrogens (tertiary/aromatic N) is 1. The molecular weight excluding hydrogens is 551 g/mol. The molecule has 43 heavy (non-hydrogen) atoms. The minimum Gasteiger partial charge on any atom is -0.493 e. The SMILES string of the molecule is COc1cc(C(=O)CC[C@](C)(O)c2cc3c(c(-c4ccc(F)cc4)n2)OC[C@]3(C)C(=O)NC2CCC2)ccc1OC1CC1. The Kier molecular flexibility index (Phi) is 7.62. The number of carbonyl (C=O) groups is 2. The second kappa shape index (κ2) is 11.3. The smallest absolute Gasteiger partial charge is 0.234 e. The van der Waals surface area contributed by atoms with Crippen LogP contribution in [0.25, 0.3) is 11.3 Å². The monoisotopic (exact) mass is 588 g/mol. The van der Waals surface area contributed by atoms with Gasteiger partial charge in [0.15, 0.2) is 17.3 Å². The number of hydrogen-bond donors (Lipinski definition) is 2. The van der Waals surface area contributed by atoms with Crippen LogP contribution >= 0.6 is 0 Å². The van der Waals surface area contributed by atoms with E-state index in [2.05, 4.69) is 5.32 Å². The zero-order chi connectivity index (χ0) is 30.4. The van der Waals surface area contributed by atoms with Gasteiger partial charge in [0.25, 0.3) is 0 Å². The Morgan fingerprint density at radius 2 is 1.86 bits per heavy atom. The van der Waals surface area contributed by atoms with Crippen LogP contribution in [0.4, 0.5) is 4.39 Å². The third-order valence-corrected chi connectivity index (χ3v) is 8.83. The van der Waals surface area contributed by atoms with Crippen molar-refractivity contribution in [2.24, 2.45) is 0 Å². The number of halogens is 1. The van der Waals surface area contributed by atoms with Crippen molar-refractivity contribution >= 4 is 11.7 Å². The highest BCUT2D eigenvalue weighted by Gasteiger charge is 2.47. The first kappa shape index (κ1) is 29.1. The Morgan fingerprint density at radius 1 is 1.12 bits per heavy atom. The van der Waals surface area contributed by atoms with E-state index in [0.717, 1.165) is 32.1 Å². The van der Waals surface area contributed by atoms with Gasteiger partial charge in [0.2, 0.25) is 5.91 Å². The highest BCUT2D eigenvalue weighted by molar-refractivity contribution is 5.96. The van der Waals surface area contributed by atoms with Crippen molar-refractivity contribution in [2.45, 2.75) is 82.0 Å². The highest BCUT2D eigenvalue weighted by atomic mass is 19.1. The van der Waals surface area contributed by atoms with Gasteiger partial charge in [-0.2, -0.15) is 0 Å². The predicted octanol–water partition coefficient (Wildman–Crippen LogP) is 5.63. The third-order valence-electron chi connectivity index (χ3n) is 8.83. The summed E-state index contributed by atoms with van der Waals surface area (Å²) in [5.41, 5.74) is -0.158. The maximum atomic E-state index is 13.8. The van der Waals surface area contributed by atoms with E-state index in [9.17, 15) is 19.1 Å². The lowest BCUT2D eigenvalue weighted by Crippen LogP contribution is -2.49. The molecule has 2 saturated carbocycles. The van der Waals surface area contributed by atoms with E-state index < -0.39 is 16.8 Å². The molecule has 0 unspecified atom stereocenters. The second-order valence-electron chi connectivity index (χ2n) is 12.3. The van der Waals surface area contributed by atoms with Crippen LogP contribution < -0.4 is 19.5 Å². The van der Waals surface area contributed by atoms with Gasteiger partial charge in [0, 0.05) is 29.2 Å². The summed E-state index contributed by atoms with van der Waals surface area (Å²) in [6.07, 6.45) is 5.32. The van der Waals surface area contributed by atoms with E-state index in [0.29, 0.717) is 45.3 Å². The molecule has 6 rings (SSSR count). The zero-order valence-electron chi connectivity index (χ0n) is 24.7. The third kappa shape index (κ3) is 5.83. The van der Waals surface area contributed by atoms with Gasteiger partial charge in [0.1, 0.15) is 34.9 Å². The van der Waals surface area contributed by atoms with Gasteiger partial charge in [0.05, 0.1) is 18.9 Å². The number of methoxy groups -OCH3 is 1. The molecule has 8 nitrogen and oxygen atoms in total. The number of Topliss-reactive ketones (excluding diaryl/α,β-unsaturated/α-hetero) is 1. The summed E-state index contributed by atoms with van der Waals surface area (Å²) in [7, 11) is 1.54. The van der Waals surface area contributed by atoms with Crippen LogP contribution in [0.5, 0.6) is 17.2 Å². The number of amides is 1. The van der Waals surface area contributed by atoms with Crippen molar-refractivity contribution in [3.8, 4) is 28.5 Å². The Bertz CT molecular complexity index is 1550. The quantitative estimate of drug-likeness (QED) is 0.280. The van der Waals surface area contributed by atoms with Gasteiger partial charge in [-0.05, 0) is 101 Å². The Labute approximate surface area is 250 Å². The van der Waals surface area contributed by atoms with Gasteiger partial charge in [-0.15, -0.1) is 0 Å². The van der Waals surface area contributed by atoms with Crippen LogP contribution in [0.1, 0.15) is 80.4 Å². The average molecular weight is 589 g/mol. The second-order valence-corrected chi connectivity index (χ2v) is 12.3. The maximum absolute atomic E-state index is 13.8. The highest BCUT2D eigenvalue weighted by Crippen LogP contribution is 2.46. The standard InChI is InChI=1S/C34H37FN2O6/c1-33(32(39)36-23-5-4-6-23)19-42-31-25(33)18-29(37-30(31)20-7-10-22(35)11-8-20)34(2,40)16-15-26(38)21-9-14-27(28(17-21)41-3)43-24-12-13-24/h7-11,14,17-18,23-24,40H,4-6,12-13,15-16,19H2,1-3H3,(H,36,39)/t33-,34-/m0/s1. The zero-order valence-corrected chi connectivity index (χ0v) is 24.7. The summed E-state index contributed by atoms with van der Waals surface area (Å²) in [6, 6.07) is 12.8. The van der Waals surface area contributed by atoms with Gasteiger partial charge >= 0.3 is 0 Å². The molecule has 9 heteroatoms. The van der Waals surface area contributed by atoms with E-state index in [1.807, 2.05) is 6.92 Å². The minimum atomic E-state index is -1.52. The first-order valence-electron chi connectivity index (χ1n) is 14.9. The number of carbonyl (C=O) groups excluding carboxylic acids is 2. The Morgan fingerprint density at radius 3 is 2.51 bits per heavy atom. The van der Waals surface area contributed by atoms with Gasteiger partial charge in [-0.1, -0.05) is 0 Å². The fraction of sp³-hybridized carbons (Fsp3) is 0.441. The molecule has 0 bridgehead atoms. The largest absolute Gasteiger partial charge is 0.493 e. The molecule has 2 heterocycles. The lowest BCUT2D eigenvalue weighted by molar-refractivity contribution is -0.127. The fourth-order valence-electron chi connectivity index (χ4n) is 5.48. The number of rotatable bonds is 11. The molecule has 0 saturated heterocycles. The first-order chi connectivity index (χ1) is 20.6. The molecule has 1 aliphatic heterocycles. The van der Waals surface area contributed by atoms with Crippen molar-refractivity contribution in [3.05, 3.63) is 71.2 Å². The van der Waals surface area contributed by atoms with Crippen molar-refractivity contribution < 1.29 is 33.3 Å². The number of pyridine rings is 1. The van der Waals surface area contributed by atoms with E-state index in [4.69, 9.17) is 19.2 Å². The van der Waals surface area contributed by atoms with Gasteiger partial charge < -0.3 is 24.6 Å². The Hall–Kier alpha value is -3.98. The number of benzene rings is 2. The molecule has 1 aromatic heterocycles. The number of fused-ring (bicyclic) bond motifs is 1. The molecule has 3 aromatic rings. The molecule has 1 amide bonds. The van der Waals surface area contributed by atoms with Crippen LogP contribution in [0, 0.1) is 5.82 Å². The predicted molar refractivity (Wildman–Crippen MR) is 158 cm³/mol. The molecular formula is C34H37FN2O6. The first-order valence-corrected chi connectivity index (χ1v) is 14.9. The van der Waals surface area contributed by atoms with E-state index in [1.54, 1.807) is 43.3 Å². The number of aliphatic hydroxyl groups is 1. The van der Waals surface area contributed by atoms with Crippen molar-refractivity contribution in [1.29, 1.82) is 0 Å². The molecule has 0 radical (unpaired) electrons. The van der Waals surface area contributed by atoms with Crippen molar-refractivity contribution in [3.63, 3.8) is 0 Å². The minimum absolute atomic E-state index is 0.0412. The summed E-state index contributed by atoms with van der Waals surface area (Å²) in [5.74, 6) is 0.843. The van der Waals surface area contributed by atoms with Crippen molar-refractivity contribution in [2.75, 3.05) is 13.7 Å². The topological polar surface area (TPSA) is 107 Å². The summed E-state index contributed by atoms with van der Waals surface area (Å²) < 4.78 is 31.2. The lowest BCUT2D eigenvalue weighted by Gasteiger charge is -2.31. The molecule has 2 aromatic carbocycles. The van der Waals surface area contributed by atoms with Crippen molar-refractivity contribution in [1.82, 2.24) is 10.3 Å². The number of hydrogen-bond acceptors (Lipinski definition) is 7. The average Bonchev–Trinajstić information content (AvgIpc) is 3.73. The summed E-state index contributed by atoms with van der Waals surface area (Å²) >= 11 is 0. The molecule has 2 fully saturated rings. The molecule has 2 N–H and O–H groups in total. The normalized spacial score (nSPS) is 20.8. The van der Waals surface area contributed by atoms with Gasteiger partial charge in [-0.25, -0.2) is 9.37 Å². The molecule has 2 aliphatic carbocycles. The number of nitrogens with one attached hydrogen (secondary N) is 1. The van der Waals surface area contributed by atoms with Crippen LogP contribution in [0.15, 0.2) is 48.5 Å².